The molecule has 28 heavy (non-hydrogen) atoms. The second kappa shape index (κ2) is 7.69. The fourth-order valence-electron chi connectivity index (χ4n) is 2.87. The van der Waals surface area contributed by atoms with E-state index in [1.807, 2.05) is 38.1 Å². The number of carbonyl (C=O) groups excluding carboxylic acids is 1. The van der Waals surface area contributed by atoms with Crippen LogP contribution >= 0.6 is 0 Å². The summed E-state index contributed by atoms with van der Waals surface area (Å²) in [4.78, 5) is 17.4. The van der Waals surface area contributed by atoms with Gasteiger partial charge in [0.1, 0.15) is 0 Å². The minimum absolute atomic E-state index is 0.211. The van der Waals surface area contributed by atoms with Gasteiger partial charge in [0, 0.05) is 26.0 Å². The minimum atomic E-state index is -3.46. The van der Waals surface area contributed by atoms with Gasteiger partial charge < -0.3 is 5.32 Å². The van der Waals surface area contributed by atoms with Crippen molar-refractivity contribution in [3.63, 3.8) is 0 Å². The summed E-state index contributed by atoms with van der Waals surface area (Å²) in [5.41, 5.74) is 4.00. The molecule has 1 N–H and O–H groups in total. The summed E-state index contributed by atoms with van der Waals surface area (Å²) in [5, 5.41) is 3.79. The summed E-state index contributed by atoms with van der Waals surface area (Å²) >= 11 is 0. The second-order valence-electron chi connectivity index (χ2n) is 6.93. The van der Waals surface area contributed by atoms with E-state index in [0.29, 0.717) is 17.8 Å². The third-order valence-electron chi connectivity index (χ3n) is 4.56. The van der Waals surface area contributed by atoms with Crippen LogP contribution in [0.25, 0.3) is 10.9 Å². The van der Waals surface area contributed by atoms with Gasteiger partial charge in [-0.1, -0.05) is 24.3 Å². The van der Waals surface area contributed by atoms with Crippen LogP contribution in [0.1, 0.15) is 27.2 Å². The molecule has 0 aliphatic rings. The Bertz CT molecular complexity index is 1140. The average molecular weight is 398 g/mol. The average Bonchev–Trinajstić information content (AvgIpc) is 2.65. The van der Waals surface area contributed by atoms with Gasteiger partial charge in [0.15, 0.2) is 0 Å². The summed E-state index contributed by atoms with van der Waals surface area (Å²) in [6.45, 7) is 4.12. The highest BCUT2D eigenvalue weighted by Crippen LogP contribution is 2.18. The molecule has 1 amide bonds. The molecule has 7 heteroatoms. The van der Waals surface area contributed by atoms with Crippen molar-refractivity contribution < 1.29 is 13.2 Å². The number of carbonyl (C=O) groups is 1. The number of fused-ring (bicyclic) bond motifs is 1. The second-order valence-corrected chi connectivity index (χ2v) is 9.08. The molecule has 3 aromatic rings. The largest absolute Gasteiger partial charge is 0.348 e. The molecule has 0 bridgehead atoms. The lowest BCUT2D eigenvalue weighted by Crippen LogP contribution is -2.24. The van der Waals surface area contributed by atoms with E-state index in [0.717, 1.165) is 22.0 Å². The molecule has 0 atom stereocenters. The first kappa shape index (κ1) is 20.0. The van der Waals surface area contributed by atoms with Crippen molar-refractivity contribution in [3.8, 4) is 0 Å². The molecule has 3 rings (SSSR count). The molecule has 0 aliphatic heterocycles. The highest BCUT2D eigenvalue weighted by atomic mass is 32.2. The van der Waals surface area contributed by atoms with E-state index in [-0.39, 0.29) is 10.8 Å². The lowest BCUT2D eigenvalue weighted by molar-refractivity contribution is 0.0950. The van der Waals surface area contributed by atoms with Crippen LogP contribution < -0.4 is 5.32 Å². The Morgan fingerprint density at radius 1 is 1.04 bits per heavy atom. The predicted molar refractivity (Wildman–Crippen MR) is 110 cm³/mol. The van der Waals surface area contributed by atoms with Gasteiger partial charge in [-0.25, -0.2) is 12.7 Å². The van der Waals surface area contributed by atoms with Gasteiger partial charge in [0.2, 0.25) is 10.0 Å². The first-order valence-electron chi connectivity index (χ1n) is 8.86. The minimum Gasteiger partial charge on any atom is -0.348 e. The maximum absolute atomic E-state index is 12.6. The van der Waals surface area contributed by atoms with E-state index in [9.17, 15) is 13.2 Å². The number of hydrogen-bond acceptors (Lipinski definition) is 4. The summed E-state index contributed by atoms with van der Waals surface area (Å²) < 4.78 is 25.4. The van der Waals surface area contributed by atoms with Gasteiger partial charge in [-0.15, -0.1) is 0 Å². The molecule has 146 valence electrons. The predicted octanol–water partition coefficient (Wildman–Crippen LogP) is 3.03. The molecule has 0 saturated heterocycles. The lowest BCUT2D eigenvalue weighted by atomic mass is 10.1. The molecule has 6 nitrogen and oxygen atoms in total. The van der Waals surface area contributed by atoms with Crippen LogP contribution in [0.5, 0.6) is 0 Å². The molecule has 2 aromatic carbocycles. The van der Waals surface area contributed by atoms with E-state index < -0.39 is 10.0 Å². The van der Waals surface area contributed by atoms with Crippen LogP contribution in [0.3, 0.4) is 0 Å². The number of rotatable bonds is 5. The van der Waals surface area contributed by atoms with Crippen molar-refractivity contribution in [1.29, 1.82) is 0 Å². The molecular formula is C21H23N3O3S. The van der Waals surface area contributed by atoms with Gasteiger partial charge in [0.25, 0.3) is 5.91 Å². The van der Waals surface area contributed by atoms with E-state index in [2.05, 4.69) is 10.3 Å². The zero-order valence-electron chi connectivity index (χ0n) is 16.4. The van der Waals surface area contributed by atoms with Gasteiger partial charge in [-0.05, 0) is 49.2 Å². The Morgan fingerprint density at radius 3 is 2.36 bits per heavy atom. The maximum Gasteiger partial charge on any atom is 0.253 e. The van der Waals surface area contributed by atoms with Crippen LogP contribution in [0.4, 0.5) is 0 Å². The fraction of sp³-hybridized carbons (Fsp3) is 0.238. The summed E-state index contributed by atoms with van der Waals surface area (Å²) in [7, 11) is -0.478. The van der Waals surface area contributed by atoms with Crippen molar-refractivity contribution in [3.05, 3.63) is 70.9 Å². The smallest absolute Gasteiger partial charge is 0.253 e. The maximum atomic E-state index is 12.6. The molecule has 0 radical (unpaired) electrons. The summed E-state index contributed by atoms with van der Waals surface area (Å²) in [6, 6.07) is 14.3. The Balaban J connectivity index is 1.75. The van der Waals surface area contributed by atoms with Crippen LogP contribution in [-0.4, -0.2) is 37.7 Å². The Hall–Kier alpha value is -2.77. The van der Waals surface area contributed by atoms with Crippen molar-refractivity contribution in [2.45, 2.75) is 25.3 Å². The molecule has 0 fully saturated rings. The number of aromatic nitrogens is 1. The van der Waals surface area contributed by atoms with Crippen molar-refractivity contribution in [2.24, 2.45) is 0 Å². The van der Waals surface area contributed by atoms with Crippen LogP contribution in [0.2, 0.25) is 0 Å². The Kier molecular flexibility index (Phi) is 5.49. The number of amides is 1. The topological polar surface area (TPSA) is 79.4 Å². The first-order chi connectivity index (χ1) is 13.2. The number of sulfonamides is 1. The molecule has 1 heterocycles. The van der Waals surface area contributed by atoms with E-state index in [1.165, 1.54) is 18.4 Å². The number of hydrogen-bond donors (Lipinski definition) is 1. The Morgan fingerprint density at radius 2 is 1.71 bits per heavy atom. The Labute approximate surface area is 165 Å². The van der Waals surface area contributed by atoms with Crippen LogP contribution in [-0.2, 0) is 16.6 Å². The molecule has 1 aromatic heterocycles. The molecule has 0 saturated carbocycles. The number of benzene rings is 2. The zero-order chi connectivity index (χ0) is 20.5. The van der Waals surface area contributed by atoms with Gasteiger partial charge in [0.05, 0.1) is 21.7 Å². The third kappa shape index (κ3) is 4.05. The van der Waals surface area contributed by atoms with Crippen LogP contribution in [0.15, 0.2) is 53.4 Å². The fourth-order valence-corrected chi connectivity index (χ4v) is 3.77. The highest BCUT2D eigenvalue weighted by molar-refractivity contribution is 7.89. The van der Waals surface area contributed by atoms with Crippen molar-refractivity contribution >= 4 is 26.8 Å². The standard InChI is InChI=1S/C21H23N3O3S/c1-14-5-8-17-12-19(15(2)23-20(17)11-14)21(25)22-13-16-6-9-18(10-7-16)28(26,27)24(3)4/h5-12H,13H2,1-4H3,(H,22,25). The van der Waals surface area contributed by atoms with E-state index >= 15 is 0 Å². The molecule has 0 unspecified atom stereocenters. The highest BCUT2D eigenvalue weighted by Gasteiger charge is 2.17. The molecular weight excluding hydrogens is 374 g/mol. The van der Waals surface area contributed by atoms with E-state index in [1.54, 1.807) is 24.3 Å². The van der Waals surface area contributed by atoms with E-state index in [4.69, 9.17) is 0 Å². The van der Waals surface area contributed by atoms with Gasteiger partial charge >= 0.3 is 0 Å². The molecule has 0 aliphatic carbocycles. The number of pyridine rings is 1. The first-order valence-corrected chi connectivity index (χ1v) is 10.3. The van der Waals surface area contributed by atoms with Gasteiger partial charge in [-0.2, -0.15) is 0 Å². The summed E-state index contributed by atoms with van der Waals surface area (Å²) in [5.74, 6) is -0.211. The molecule has 0 spiro atoms. The van der Waals surface area contributed by atoms with Gasteiger partial charge in [-0.3, -0.25) is 9.78 Å². The number of nitrogens with one attached hydrogen (secondary N) is 1. The quantitative estimate of drug-likeness (QED) is 0.718. The van der Waals surface area contributed by atoms with Crippen molar-refractivity contribution in [1.82, 2.24) is 14.6 Å². The lowest BCUT2D eigenvalue weighted by Gasteiger charge is -2.12. The normalized spacial score (nSPS) is 11.8. The zero-order valence-corrected chi connectivity index (χ0v) is 17.2. The SMILES string of the molecule is Cc1ccc2cc(C(=O)NCc3ccc(S(=O)(=O)N(C)C)cc3)c(C)nc2c1. The third-order valence-corrected chi connectivity index (χ3v) is 6.39. The number of aryl methyl sites for hydroxylation is 2. The number of nitrogens with zero attached hydrogens (tertiary/aromatic N) is 2. The van der Waals surface area contributed by atoms with Crippen LogP contribution in [0, 0.1) is 13.8 Å². The monoisotopic (exact) mass is 397 g/mol. The summed E-state index contributed by atoms with van der Waals surface area (Å²) in [6.07, 6.45) is 0. The van der Waals surface area contributed by atoms with Crippen molar-refractivity contribution in [2.75, 3.05) is 14.1 Å².